The number of aliphatic hydroxyl groups is 2. The van der Waals surface area contributed by atoms with E-state index in [0.717, 1.165) is 5.82 Å². The second-order valence-corrected chi connectivity index (χ2v) is 3.23. The van der Waals surface area contributed by atoms with Gasteiger partial charge in [0.2, 0.25) is 0 Å². The third-order valence-corrected chi connectivity index (χ3v) is 2.23. The number of hydrogen-bond acceptors (Lipinski definition) is 4. The van der Waals surface area contributed by atoms with Gasteiger partial charge in [-0.05, 0) is 12.1 Å². The van der Waals surface area contributed by atoms with Gasteiger partial charge >= 0.3 is 0 Å². The lowest BCUT2D eigenvalue weighted by Crippen LogP contribution is -2.22. The van der Waals surface area contributed by atoms with Gasteiger partial charge in [-0.25, -0.2) is 4.98 Å². The van der Waals surface area contributed by atoms with Crippen LogP contribution in [-0.4, -0.2) is 40.5 Å². The van der Waals surface area contributed by atoms with Gasteiger partial charge < -0.3 is 15.1 Å². The lowest BCUT2D eigenvalue weighted by Gasteiger charge is -2.15. The van der Waals surface area contributed by atoms with Crippen molar-refractivity contribution in [3.05, 3.63) is 24.4 Å². The molecular weight excluding hydrogens is 168 g/mol. The van der Waals surface area contributed by atoms with E-state index in [2.05, 4.69) is 4.98 Å². The maximum Gasteiger partial charge on any atom is 0.128 e. The summed E-state index contributed by atoms with van der Waals surface area (Å²) in [6.07, 6.45) is 0.399. The summed E-state index contributed by atoms with van der Waals surface area (Å²) < 4.78 is 0. The molecule has 13 heavy (non-hydrogen) atoms. The monoisotopic (exact) mass is 180 g/mol. The first-order valence-electron chi connectivity index (χ1n) is 4.29. The Labute approximate surface area is 76.5 Å². The SMILES string of the molecule is OC1CN(c2ccccn2)CC1O. The molecule has 2 N–H and O–H groups in total. The molecule has 0 aliphatic carbocycles. The molecule has 0 amide bonds. The van der Waals surface area contributed by atoms with Crippen molar-refractivity contribution in [1.29, 1.82) is 0 Å². The number of hydrogen-bond donors (Lipinski definition) is 2. The van der Waals surface area contributed by atoms with Gasteiger partial charge in [-0.2, -0.15) is 0 Å². The summed E-state index contributed by atoms with van der Waals surface area (Å²) in [7, 11) is 0. The van der Waals surface area contributed by atoms with Crippen LogP contribution in [0.5, 0.6) is 0 Å². The lowest BCUT2D eigenvalue weighted by atomic mass is 10.3. The van der Waals surface area contributed by atoms with E-state index in [0.29, 0.717) is 13.1 Å². The molecule has 1 aromatic rings. The molecule has 4 nitrogen and oxygen atoms in total. The van der Waals surface area contributed by atoms with E-state index < -0.39 is 12.2 Å². The van der Waals surface area contributed by atoms with E-state index in [-0.39, 0.29) is 0 Å². The Hall–Kier alpha value is -1.13. The first-order chi connectivity index (χ1) is 6.27. The second kappa shape index (κ2) is 3.32. The molecule has 2 rings (SSSR count). The average molecular weight is 180 g/mol. The van der Waals surface area contributed by atoms with Crippen LogP contribution in [0.1, 0.15) is 0 Å². The van der Waals surface area contributed by atoms with Crippen LogP contribution >= 0.6 is 0 Å². The zero-order chi connectivity index (χ0) is 9.26. The van der Waals surface area contributed by atoms with Gasteiger partial charge in [0.15, 0.2) is 0 Å². The first-order valence-corrected chi connectivity index (χ1v) is 4.29. The van der Waals surface area contributed by atoms with Gasteiger partial charge in [0.25, 0.3) is 0 Å². The van der Waals surface area contributed by atoms with Crippen molar-refractivity contribution in [2.45, 2.75) is 12.2 Å². The Morgan fingerprint density at radius 3 is 2.46 bits per heavy atom. The summed E-state index contributed by atoms with van der Waals surface area (Å²) in [6.45, 7) is 0.913. The van der Waals surface area contributed by atoms with E-state index >= 15 is 0 Å². The predicted octanol–water partition coefficient (Wildman–Crippen LogP) is -0.377. The molecule has 0 aromatic carbocycles. The van der Waals surface area contributed by atoms with Crippen LogP contribution in [-0.2, 0) is 0 Å². The van der Waals surface area contributed by atoms with E-state index in [1.54, 1.807) is 6.20 Å². The third-order valence-electron chi connectivity index (χ3n) is 2.23. The van der Waals surface area contributed by atoms with Crippen molar-refractivity contribution in [3.8, 4) is 0 Å². The normalized spacial score (nSPS) is 28.0. The molecule has 2 atom stereocenters. The Morgan fingerprint density at radius 1 is 1.23 bits per heavy atom. The molecule has 2 unspecified atom stereocenters. The van der Waals surface area contributed by atoms with Crippen molar-refractivity contribution in [1.82, 2.24) is 4.98 Å². The van der Waals surface area contributed by atoms with Gasteiger partial charge in [0.05, 0.1) is 12.2 Å². The van der Waals surface area contributed by atoms with E-state index in [9.17, 15) is 10.2 Å². The van der Waals surface area contributed by atoms with Crippen molar-refractivity contribution >= 4 is 5.82 Å². The average Bonchev–Trinajstić information content (AvgIpc) is 2.49. The Morgan fingerprint density at radius 2 is 1.92 bits per heavy atom. The molecule has 1 aromatic heterocycles. The molecule has 70 valence electrons. The molecular formula is C9H12N2O2. The predicted molar refractivity (Wildman–Crippen MR) is 48.5 cm³/mol. The summed E-state index contributed by atoms with van der Waals surface area (Å²) in [5.74, 6) is 0.804. The van der Waals surface area contributed by atoms with Crippen LogP contribution in [0.4, 0.5) is 5.82 Å². The zero-order valence-corrected chi connectivity index (χ0v) is 7.17. The fraction of sp³-hybridized carbons (Fsp3) is 0.444. The number of pyridine rings is 1. The zero-order valence-electron chi connectivity index (χ0n) is 7.17. The molecule has 1 fully saturated rings. The fourth-order valence-electron chi connectivity index (χ4n) is 1.50. The highest BCUT2D eigenvalue weighted by atomic mass is 16.3. The fourth-order valence-corrected chi connectivity index (χ4v) is 1.50. The smallest absolute Gasteiger partial charge is 0.128 e. The highest BCUT2D eigenvalue weighted by molar-refractivity contribution is 5.39. The third kappa shape index (κ3) is 1.64. The summed E-state index contributed by atoms with van der Waals surface area (Å²) >= 11 is 0. The van der Waals surface area contributed by atoms with Gasteiger partial charge in [-0.3, -0.25) is 0 Å². The van der Waals surface area contributed by atoms with Crippen LogP contribution in [0.25, 0.3) is 0 Å². The minimum absolute atomic E-state index is 0.457. The molecule has 1 saturated heterocycles. The molecule has 0 saturated carbocycles. The van der Waals surface area contributed by atoms with E-state index in [1.807, 2.05) is 23.1 Å². The number of aromatic nitrogens is 1. The van der Waals surface area contributed by atoms with Gasteiger partial charge in [-0.15, -0.1) is 0 Å². The van der Waals surface area contributed by atoms with E-state index in [1.165, 1.54) is 0 Å². The number of aliphatic hydroxyl groups excluding tert-OH is 2. The molecule has 1 aliphatic rings. The van der Waals surface area contributed by atoms with Crippen molar-refractivity contribution in [2.75, 3.05) is 18.0 Å². The number of β-amino-alcohol motifs (C(OH)–C–C–N with tert-alkyl or cyclic N) is 2. The second-order valence-electron chi connectivity index (χ2n) is 3.23. The maximum atomic E-state index is 9.31. The Bertz CT molecular complexity index is 268. The van der Waals surface area contributed by atoms with Crippen LogP contribution in [0, 0.1) is 0 Å². The molecule has 2 heterocycles. The van der Waals surface area contributed by atoms with Crippen LogP contribution in [0.15, 0.2) is 24.4 Å². The van der Waals surface area contributed by atoms with Crippen molar-refractivity contribution < 1.29 is 10.2 Å². The highest BCUT2D eigenvalue weighted by Gasteiger charge is 2.29. The molecule has 4 heteroatoms. The van der Waals surface area contributed by atoms with Crippen LogP contribution in [0.2, 0.25) is 0 Å². The molecule has 0 radical (unpaired) electrons. The largest absolute Gasteiger partial charge is 0.389 e. The summed E-state index contributed by atoms with van der Waals surface area (Å²) in [5.41, 5.74) is 0. The molecule has 0 spiro atoms. The Kier molecular flexibility index (Phi) is 2.16. The highest BCUT2D eigenvalue weighted by Crippen LogP contribution is 2.17. The minimum Gasteiger partial charge on any atom is -0.389 e. The topological polar surface area (TPSA) is 56.6 Å². The standard InChI is InChI=1S/C9H12N2O2/c12-7-5-11(6-8(7)13)9-3-1-2-4-10-9/h1-4,7-8,12-13H,5-6H2. The van der Waals surface area contributed by atoms with Crippen LogP contribution in [0.3, 0.4) is 0 Å². The number of nitrogens with zero attached hydrogens (tertiary/aromatic N) is 2. The number of rotatable bonds is 1. The summed E-state index contributed by atoms with van der Waals surface area (Å²) in [5, 5.41) is 18.6. The van der Waals surface area contributed by atoms with Gasteiger partial charge in [0.1, 0.15) is 5.82 Å². The first kappa shape index (κ1) is 8.47. The molecule has 0 bridgehead atoms. The van der Waals surface area contributed by atoms with Gasteiger partial charge in [-0.1, -0.05) is 6.07 Å². The number of anilines is 1. The van der Waals surface area contributed by atoms with Gasteiger partial charge in [0, 0.05) is 19.3 Å². The summed E-state index contributed by atoms with van der Waals surface area (Å²) in [4.78, 5) is 6.00. The van der Waals surface area contributed by atoms with Crippen molar-refractivity contribution in [3.63, 3.8) is 0 Å². The Balaban J connectivity index is 2.12. The molecule has 1 aliphatic heterocycles. The van der Waals surface area contributed by atoms with Crippen LogP contribution < -0.4 is 4.90 Å². The minimum atomic E-state index is -0.651. The quantitative estimate of drug-likeness (QED) is 0.618. The van der Waals surface area contributed by atoms with E-state index in [4.69, 9.17) is 0 Å². The van der Waals surface area contributed by atoms with Crippen molar-refractivity contribution in [2.24, 2.45) is 0 Å². The summed E-state index contributed by atoms with van der Waals surface area (Å²) in [6, 6.07) is 5.59. The maximum absolute atomic E-state index is 9.31. The lowest BCUT2D eigenvalue weighted by molar-refractivity contribution is 0.0572.